The van der Waals surface area contributed by atoms with E-state index in [0.29, 0.717) is 16.7 Å². The van der Waals surface area contributed by atoms with Crippen LogP contribution < -0.4 is 11.3 Å². The standard InChI is InChI=1S/C14H15BrN2O/c1-9-5-3-4-6-11(9)7-17-8-12(16)10(2)13(15)14(17)18/h3-6,8H,7,16H2,1-2H3. The van der Waals surface area contributed by atoms with Crippen molar-refractivity contribution >= 4 is 21.6 Å². The Hall–Kier alpha value is -1.55. The van der Waals surface area contributed by atoms with Crippen molar-refractivity contribution in [2.75, 3.05) is 5.73 Å². The van der Waals surface area contributed by atoms with Gasteiger partial charge >= 0.3 is 0 Å². The summed E-state index contributed by atoms with van der Waals surface area (Å²) in [6, 6.07) is 8.01. The summed E-state index contributed by atoms with van der Waals surface area (Å²) >= 11 is 3.30. The summed E-state index contributed by atoms with van der Waals surface area (Å²) in [5.41, 5.74) is 9.54. The third kappa shape index (κ3) is 2.34. The summed E-state index contributed by atoms with van der Waals surface area (Å²) in [4.78, 5) is 12.1. The minimum atomic E-state index is -0.0510. The Balaban J connectivity index is 2.48. The summed E-state index contributed by atoms with van der Waals surface area (Å²) in [5.74, 6) is 0. The molecule has 0 amide bonds. The van der Waals surface area contributed by atoms with E-state index in [2.05, 4.69) is 15.9 Å². The van der Waals surface area contributed by atoms with Gasteiger partial charge in [-0.25, -0.2) is 0 Å². The van der Waals surface area contributed by atoms with Crippen LogP contribution in [-0.2, 0) is 6.54 Å². The minimum absolute atomic E-state index is 0.0510. The van der Waals surface area contributed by atoms with Crippen molar-refractivity contribution in [1.82, 2.24) is 4.57 Å². The monoisotopic (exact) mass is 306 g/mol. The number of anilines is 1. The van der Waals surface area contributed by atoms with Crippen molar-refractivity contribution in [1.29, 1.82) is 0 Å². The van der Waals surface area contributed by atoms with Gasteiger partial charge in [-0.3, -0.25) is 4.79 Å². The maximum atomic E-state index is 12.1. The molecule has 1 heterocycles. The SMILES string of the molecule is Cc1ccccc1Cn1cc(N)c(C)c(Br)c1=O. The number of pyridine rings is 1. The molecule has 0 saturated heterocycles. The third-order valence-corrected chi connectivity index (χ3v) is 4.04. The number of rotatable bonds is 2. The maximum Gasteiger partial charge on any atom is 0.265 e. The van der Waals surface area contributed by atoms with Crippen molar-refractivity contribution in [3.63, 3.8) is 0 Å². The highest BCUT2D eigenvalue weighted by Gasteiger charge is 2.09. The number of nitrogen functional groups attached to an aromatic ring is 1. The zero-order chi connectivity index (χ0) is 13.3. The average Bonchev–Trinajstić information content (AvgIpc) is 2.36. The predicted molar refractivity (Wildman–Crippen MR) is 77.8 cm³/mol. The first-order valence-electron chi connectivity index (χ1n) is 5.70. The zero-order valence-electron chi connectivity index (χ0n) is 10.4. The van der Waals surface area contributed by atoms with E-state index in [-0.39, 0.29) is 5.56 Å². The van der Waals surface area contributed by atoms with E-state index < -0.39 is 0 Å². The molecule has 4 heteroatoms. The molecule has 18 heavy (non-hydrogen) atoms. The van der Waals surface area contributed by atoms with Crippen LogP contribution in [0.4, 0.5) is 5.69 Å². The molecular weight excluding hydrogens is 292 g/mol. The largest absolute Gasteiger partial charge is 0.397 e. The number of hydrogen-bond donors (Lipinski definition) is 1. The van der Waals surface area contributed by atoms with Gasteiger partial charge in [-0.2, -0.15) is 0 Å². The van der Waals surface area contributed by atoms with Gasteiger partial charge in [0.2, 0.25) is 0 Å². The zero-order valence-corrected chi connectivity index (χ0v) is 12.0. The van der Waals surface area contributed by atoms with Gasteiger partial charge in [0.1, 0.15) is 0 Å². The number of hydrogen-bond acceptors (Lipinski definition) is 2. The molecule has 2 rings (SSSR count). The van der Waals surface area contributed by atoms with Gasteiger partial charge in [-0.1, -0.05) is 24.3 Å². The Morgan fingerprint density at radius 1 is 1.28 bits per heavy atom. The fourth-order valence-corrected chi connectivity index (χ4v) is 2.28. The van der Waals surface area contributed by atoms with Crippen molar-refractivity contribution in [3.05, 3.63) is 62.0 Å². The molecule has 0 fully saturated rings. The number of halogens is 1. The highest BCUT2D eigenvalue weighted by molar-refractivity contribution is 9.10. The molecule has 0 saturated carbocycles. The molecule has 1 aromatic heterocycles. The van der Waals surface area contributed by atoms with Gasteiger partial charge in [0.25, 0.3) is 5.56 Å². The molecule has 94 valence electrons. The topological polar surface area (TPSA) is 48.0 Å². The molecule has 1 aromatic carbocycles. The van der Waals surface area contributed by atoms with Crippen LogP contribution in [0.3, 0.4) is 0 Å². The summed E-state index contributed by atoms with van der Waals surface area (Å²) in [6.07, 6.45) is 1.70. The van der Waals surface area contributed by atoms with E-state index in [4.69, 9.17) is 5.73 Å². The lowest BCUT2D eigenvalue weighted by Gasteiger charge is -2.12. The van der Waals surface area contributed by atoms with Crippen molar-refractivity contribution in [3.8, 4) is 0 Å². The van der Waals surface area contributed by atoms with Gasteiger partial charge in [0.15, 0.2) is 0 Å². The molecule has 0 radical (unpaired) electrons. The lowest BCUT2D eigenvalue weighted by atomic mass is 10.1. The van der Waals surface area contributed by atoms with Gasteiger partial charge in [-0.15, -0.1) is 0 Å². The van der Waals surface area contributed by atoms with Crippen LogP contribution in [0.5, 0.6) is 0 Å². The molecule has 0 bridgehead atoms. The molecule has 0 aliphatic heterocycles. The highest BCUT2D eigenvalue weighted by atomic mass is 79.9. The van der Waals surface area contributed by atoms with Crippen molar-refractivity contribution < 1.29 is 0 Å². The van der Waals surface area contributed by atoms with E-state index in [1.165, 1.54) is 5.56 Å². The van der Waals surface area contributed by atoms with Crippen LogP contribution in [0, 0.1) is 13.8 Å². The fraction of sp³-hybridized carbons (Fsp3) is 0.214. The minimum Gasteiger partial charge on any atom is -0.397 e. The summed E-state index contributed by atoms with van der Waals surface area (Å²) in [5, 5.41) is 0. The van der Waals surface area contributed by atoms with Crippen LogP contribution in [0.1, 0.15) is 16.7 Å². The quantitative estimate of drug-likeness (QED) is 0.927. The molecule has 0 aliphatic rings. The molecule has 0 unspecified atom stereocenters. The number of aromatic nitrogens is 1. The van der Waals surface area contributed by atoms with E-state index in [1.807, 2.05) is 38.1 Å². The summed E-state index contributed by atoms with van der Waals surface area (Å²) in [6.45, 7) is 4.40. The summed E-state index contributed by atoms with van der Waals surface area (Å²) in [7, 11) is 0. The number of aryl methyl sites for hydroxylation is 1. The third-order valence-electron chi connectivity index (χ3n) is 3.11. The molecule has 0 aliphatic carbocycles. The molecule has 2 N–H and O–H groups in total. The van der Waals surface area contributed by atoms with Crippen molar-refractivity contribution in [2.24, 2.45) is 0 Å². The fourth-order valence-electron chi connectivity index (χ4n) is 1.83. The van der Waals surface area contributed by atoms with Crippen molar-refractivity contribution in [2.45, 2.75) is 20.4 Å². The Labute approximate surface area is 114 Å². The summed E-state index contributed by atoms with van der Waals surface area (Å²) < 4.78 is 2.17. The Morgan fingerprint density at radius 3 is 2.61 bits per heavy atom. The lowest BCUT2D eigenvalue weighted by molar-refractivity contribution is 0.750. The lowest BCUT2D eigenvalue weighted by Crippen LogP contribution is -2.23. The molecular formula is C14H15BrN2O. The Kier molecular flexibility index (Phi) is 3.57. The van der Waals surface area contributed by atoms with Gasteiger partial charge in [0.05, 0.1) is 16.7 Å². The van der Waals surface area contributed by atoms with E-state index in [9.17, 15) is 4.79 Å². The van der Waals surface area contributed by atoms with E-state index in [0.717, 1.165) is 11.1 Å². The normalized spacial score (nSPS) is 10.6. The first kappa shape index (κ1) is 12.9. The van der Waals surface area contributed by atoms with Crippen LogP contribution >= 0.6 is 15.9 Å². The first-order valence-corrected chi connectivity index (χ1v) is 6.49. The first-order chi connectivity index (χ1) is 8.50. The molecule has 0 spiro atoms. The van der Waals surface area contributed by atoms with Crippen LogP contribution in [0.2, 0.25) is 0 Å². The average molecular weight is 307 g/mol. The molecule has 2 aromatic rings. The second kappa shape index (κ2) is 4.98. The van der Waals surface area contributed by atoms with Gasteiger partial charge in [0, 0.05) is 6.20 Å². The smallest absolute Gasteiger partial charge is 0.265 e. The van der Waals surface area contributed by atoms with Crippen LogP contribution in [-0.4, -0.2) is 4.57 Å². The second-order valence-electron chi connectivity index (χ2n) is 4.38. The van der Waals surface area contributed by atoms with Crippen LogP contribution in [0.15, 0.2) is 39.7 Å². The van der Waals surface area contributed by atoms with E-state index >= 15 is 0 Å². The second-order valence-corrected chi connectivity index (χ2v) is 5.18. The number of benzene rings is 1. The Bertz CT molecular complexity index is 647. The highest BCUT2D eigenvalue weighted by Crippen LogP contribution is 2.18. The van der Waals surface area contributed by atoms with Gasteiger partial charge in [-0.05, 0) is 46.5 Å². The number of nitrogens with zero attached hydrogens (tertiary/aromatic N) is 1. The van der Waals surface area contributed by atoms with Gasteiger partial charge < -0.3 is 10.3 Å². The van der Waals surface area contributed by atoms with Crippen LogP contribution in [0.25, 0.3) is 0 Å². The predicted octanol–water partition coefficient (Wildman–Crippen LogP) is 2.86. The van der Waals surface area contributed by atoms with E-state index in [1.54, 1.807) is 10.8 Å². The molecule has 0 atom stereocenters. The molecule has 3 nitrogen and oxygen atoms in total. The maximum absolute atomic E-state index is 12.1. The number of nitrogens with two attached hydrogens (primary N) is 1. The Morgan fingerprint density at radius 2 is 1.94 bits per heavy atom.